The summed E-state index contributed by atoms with van der Waals surface area (Å²) in [5.41, 5.74) is 0. The number of halogens is 4. The highest BCUT2D eigenvalue weighted by molar-refractivity contribution is 7.14. The molecule has 2 nitrogen and oxygen atoms in total. The summed E-state index contributed by atoms with van der Waals surface area (Å²) < 4.78 is 5.50. The van der Waals surface area contributed by atoms with Crippen LogP contribution in [0, 0.1) is 0 Å². The molecule has 0 atom stereocenters. The smallest absolute Gasteiger partial charge is 0.280 e. The van der Waals surface area contributed by atoms with Crippen molar-refractivity contribution in [2.24, 2.45) is 0 Å². The summed E-state index contributed by atoms with van der Waals surface area (Å²) in [7, 11) is 0. The molecule has 0 aliphatic rings. The molecule has 0 bridgehead atoms. The molecular formula is C10H5Cl4NOS. The molecule has 7 heteroatoms. The fourth-order valence-corrected chi connectivity index (χ4v) is 2.74. The van der Waals surface area contributed by atoms with Gasteiger partial charge in [0.2, 0.25) is 0 Å². The minimum Gasteiger partial charge on any atom is -0.429 e. The second-order valence-electron chi connectivity index (χ2n) is 3.00. The second-order valence-corrected chi connectivity index (χ2v) is 5.52. The highest BCUT2D eigenvalue weighted by Gasteiger charge is 2.12. The Morgan fingerprint density at radius 1 is 1.24 bits per heavy atom. The summed E-state index contributed by atoms with van der Waals surface area (Å²) in [5.74, 6) is 0.731. The summed E-state index contributed by atoms with van der Waals surface area (Å²) in [6, 6.07) is 4.94. The molecule has 0 fully saturated rings. The van der Waals surface area contributed by atoms with Crippen LogP contribution in [0.5, 0.6) is 10.9 Å². The number of nitrogens with zero attached hydrogens (tertiary/aromatic N) is 1. The van der Waals surface area contributed by atoms with E-state index in [1.165, 1.54) is 11.3 Å². The van der Waals surface area contributed by atoms with Gasteiger partial charge in [-0.3, -0.25) is 0 Å². The third kappa shape index (κ3) is 3.18. The molecule has 17 heavy (non-hydrogen) atoms. The van der Waals surface area contributed by atoms with Crippen LogP contribution in [0.25, 0.3) is 0 Å². The van der Waals surface area contributed by atoms with E-state index in [9.17, 15) is 0 Å². The zero-order chi connectivity index (χ0) is 12.4. The first-order valence-corrected chi connectivity index (χ1v) is 6.92. The molecule has 1 aromatic heterocycles. The van der Waals surface area contributed by atoms with Crippen molar-refractivity contribution in [2.75, 3.05) is 0 Å². The number of aromatic nitrogens is 1. The molecule has 1 heterocycles. The van der Waals surface area contributed by atoms with E-state index in [1.807, 2.05) is 0 Å². The van der Waals surface area contributed by atoms with Gasteiger partial charge in [-0.2, -0.15) is 4.98 Å². The highest BCUT2D eigenvalue weighted by Crippen LogP contribution is 2.36. The number of benzene rings is 1. The Hall–Kier alpha value is -0.190. The summed E-state index contributed by atoms with van der Waals surface area (Å²) in [6.07, 6.45) is 0. The standard InChI is InChI=1S/C10H5Cl4NOS/c11-4-8-9(14)15-10(17-8)16-7-3-5(12)1-2-6(7)13/h1-3H,4H2. The molecule has 2 aromatic rings. The first kappa shape index (κ1) is 13.2. The second kappa shape index (κ2) is 5.63. The van der Waals surface area contributed by atoms with Crippen LogP contribution >= 0.6 is 57.7 Å². The molecule has 0 radical (unpaired) electrons. The zero-order valence-electron chi connectivity index (χ0n) is 8.21. The molecule has 0 amide bonds. The highest BCUT2D eigenvalue weighted by atomic mass is 35.5. The molecule has 90 valence electrons. The van der Waals surface area contributed by atoms with Crippen LogP contribution in [0.2, 0.25) is 15.2 Å². The van der Waals surface area contributed by atoms with E-state index in [1.54, 1.807) is 18.2 Å². The molecule has 0 aliphatic heterocycles. The van der Waals surface area contributed by atoms with Crippen LogP contribution < -0.4 is 4.74 Å². The Labute approximate surface area is 122 Å². The van der Waals surface area contributed by atoms with Gasteiger partial charge in [0.25, 0.3) is 5.19 Å². The van der Waals surface area contributed by atoms with Gasteiger partial charge >= 0.3 is 0 Å². The van der Waals surface area contributed by atoms with Crippen LogP contribution in [-0.2, 0) is 5.88 Å². The molecule has 0 saturated heterocycles. The van der Waals surface area contributed by atoms with Crippen LogP contribution in [0.1, 0.15) is 4.88 Å². The van der Waals surface area contributed by atoms with Gasteiger partial charge in [0.05, 0.1) is 15.8 Å². The van der Waals surface area contributed by atoms with E-state index in [2.05, 4.69) is 4.98 Å². The lowest BCUT2D eigenvalue weighted by molar-refractivity contribution is 0.479. The SMILES string of the molecule is ClCc1sc(Oc2cc(Cl)ccc2Cl)nc1Cl. The lowest BCUT2D eigenvalue weighted by Gasteiger charge is -2.03. The Morgan fingerprint density at radius 3 is 2.65 bits per heavy atom. The largest absolute Gasteiger partial charge is 0.429 e. The van der Waals surface area contributed by atoms with Gasteiger partial charge in [-0.1, -0.05) is 46.1 Å². The molecule has 0 N–H and O–H groups in total. The fourth-order valence-electron chi connectivity index (χ4n) is 1.09. The van der Waals surface area contributed by atoms with Gasteiger partial charge in [0, 0.05) is 11.1 Å². The summed E-state index contributed by atoms with van der Waals surface area (Å²) >= 11 is 24.6. The van der Waals surface area contributed by atoms with Gasteiger partial charge < -0.3 is 4.74 Å². The van der Waals surface area contributed by atoms with E-state index in [0.29, 0.717) is 32.0 Å². The predicted molar refractivity (Wildman–Crippen MR) is 73.2 cm³/mol. The maximum Gasteiger partial charge on any atom is 0.280 e. The summed E-state index contributed by atoms with van der Waals surface area (Å²) in [4.78, 5) is 4.77. The number of hydrogen-bond acceptors (Lipinski definition) is 3. The number of ether oxygens (including phenoxy) is 1. The maximum atomic E-state index is 5.96. The number of alkyl halides is 1. The van der Waals surface area contributed by atoms with E-state index in [4.69, 9.17) is 51.1 Å². The van der Waals surface area contributed by atoms with Crippen LogP contribution in [0.3, 0.4) is 0 Å². The Kier molecular flexibility index (Phi) is 4.39. The van der Waals surface area contributed by atoms with Gasteiger partial charge in [-0.15, -0.1) is 11.6 Å². The van der Waals surface area contributed by atoms with Crippen LogP contribution in [0.4, 0.5) is 0 Å². The van der Waals surface area contributed by atoms with E-state index >= 15 is 0 Å². The first-order chi connectivity index (χ1) is 8.10. The van der Waals surface area contributed by atoms with Gasteiger partial charge in [-0.05, 0) is 12.1 Å². The number of hydrogen-bond donors (Lipinski definition) is 0. The average molecular weight is 329 g/mol. The van der Waals surface area contributed by atoms with Crippen LogP contribution in [-0.4, -0.2) is 4.98 Å². The topological polar surface area (TPSA) is 22.1 Å². The molecule has 0 spiro atoms. The molecule has 2 rings (SSSR count). The molecule has 0 saturated carbocycles. The van der Waals surface area contributed by atoms with Crippen molar-refractivity contribution < 1.29 is 4.74 Å². The monoisotopic (exact) mass is 327 g/mol. The van der Waals surface area contributed by atoms with Crippen LogP contribution in [0.15, 0.2) is 18.2 Å². The molecular weight excluding hydrogens is 324 g/mol. The fraction of sp³-hybridized carbons (Fsp3) is 0.100. The molecule has 1 aromatic carbocycles. The quantitative estimate of drug-likeness (QED) is 0.681. The number of thiazole rings is 1. The van der Waals surface area contributed by atoms with E-state index in [-0.39, 0.29) is 0 Å². The third-order valence-corrected chi connectivity index (χ3v) is 4.17. The summed E-state index contributed by atoms with van der Waals surface area (Å²) in [6.45, 7) is 0. The zero-order valence-corrected chi connectivity index (χ0v) is 12.1. The van der Waals surface area contributed by atoms with Crippen molar-refractivity contribution >= 4 is 57.7 Å². The van der Waals surface area contributed by atoms with Crippen molar-refractivity contribution in [3.8, 4) is 10.9 Å². The lowest BCUT2D eigenvalue weighted by Crippen LogP contribution is -1.84. The van der Waals surface area contributed by atoms with E-state index < -0.39 is 0 Å². The normalized spacial score (nSPS) is 10.6. The van der Waals surface area contributed by atoms with E-state index in [0.717, 1.165) is 4.88 Å². The molecule has 0 unspecified atom stereocenters. The van der Waals surface area contributed by atoms with Crippen molar-refractivity contribution in [3.63, 3.8) is 0 Å². The molecule has 0 aliphatic carbocycles. The Balaban J connectivity index is 2.27. The average Bonchev–Trinajstić information content (AvgIpc) is 2.64. The minimum absolute atomic E-state index is 0.295. The van der Waals surface area contributed by atoms with Crippen molar-refractivity contribution in [2.45, 2.75) is 5.88 Å². The van der Waals surface area contributed by atoms with Gasteiger partial charge in [-0.25, -0.2) is 0 Å². The van der Waals surface area contributed by atoms with Gasteiger partial charge in [0.1, 0.15) is 10.9 Å². The first-order valence-electron chi connectivity index (χ1n) is 4.44. The number of rotatable bonds is 3. The van der Waals surface area contributed by atoms with Crippen molar-refractivity contribution in [1.82, 2.24) is 4.98 Å². The third-order valence-electron chi connectivity index (χ3n) is 1.84. The predicted octanol–water partition coefficient (Wildman–Crippen LogP) is 5.63. The van der Waals surface area contributed by atoms with Crippen molar-refractivity contribution in [1.29, 1.82) is 0 Å². The Bertz CT molecular complexity index is 543. The Morgan fingerprint density at radius 2 is 2.00 bits per heavy atom. The van der Waals surface area contributed by atoms with Gasteiger partial charge in [0.15, 0.2) is 0 Å². The minimum atomic E-state index is 0.295. The van der Waals surface area contributed by atoms with Crippen molar-refractivity contribution in [3.05, 3.63) is 38.3 Å². The lowest BCUT2D eigenvalue weighted by atomic mass is 10.3. The summed E-state index contributed by atoms with van der Waals surface area (Å²) in [5, 5.41) is 1.71. The maximum absolute atomic E-state index is 5.96.